The summed E-state index contributed by atoms with van der Waals surface area (Å²) in [5, 5.41) is 16.1. The molecule has 3 rings (SSSR count). The first kappa shape index (κ1) is 18.4. The minimum absolute atomic E-state index is 0.181. The Morgan fingerprint density at radius 3 is 3.00 bits per heavy atom. The molecule has 1 aromatic carbocycles. The molecule has 0 bridgehead atoms. The second-order valence-electron chi connectivity index (χ2n) is 6.31. The normalized spacial score (nSPS) is 15.5. The van der Waals surface area contributed by atoms with E-state index >= 15 is 0 Å². The highest BCUT2D eigenvalue weighted by atomic mass is 32.1. The van der Waals surface area contributed by atoms with Gasteiger partial charge in [-0.3, -0.25) is 10.1 Å². The summed E-state index contributed by atoms with van der Waals surface area (Å²) in [6, 6.07) is 9.12. The molecule has 0 spiro atoms. The predicted molar refractivity (Wildman–Crippen MR) is 107 cm³/mol. The molecule has 5 nitrogen and oxygen atoms in total. The quantitative estimate of drug-likeness (QED) is 0.785. The van der Waals surface area contributed by atoms with E-state index in [2.05, 4.69) is 23.6 Å². The van der Waals surface area contributed by atoms with Crippen molar-refractivity contribution in [3.63, 3.8) is 0 Å². The number of thiocarbonyl (C=S) groups is 1. The van der Waals surface area contributed by atoms with Gasteiger partial charge >= 0.3 is 0 Å². The zero-order chi connectivity index (χ0) is 18.7. The van der Waals surface area contributed by atoms with Gasteiger partial charge in [0, 0.05) is 10.4 Å². The minimum atomic E-state index is -0.324. The molecule has 7 heteroatoms. The Morgan fingerprint density at radius 2 is 2.27 bits per heavy atom. The molecule has 26 heavy (non-hydrogen) atoms. The summed E-state index contributed by atoms with van der Waals surface area (Å²) in [6.45, 7) is 2.22. The molecule has 1 amide bonds. The highest BCUT2D eigenvalue weighted by Gasteiger charge is 2.24. The lowest BCUT2D eigenvalue weighted by Crippen LogP contribution is -2.34. The number of carbonyl (C=O) groups excluding carboxylic acids is 1. The number of amides is 1. The van der Waals surface area contributed by atoms with Crippen molar-refractivity contribution in [2.45, 2.75) is 26.2 Å². The zero-order valence-electron chi connectivity index (χ0n) is 14.6. The van der Waals surface area contributed by atoms with Crippen molar-refractivity contribution < 1.29 is 9.53 Å². The van der Waals surface area contributed by atoms with E-state index in [4.69, 9.17) is 17.0 Å². The molecule has 134 valence electrons. The monoisotopic (exact) mass is 385 g/mol. The Morgan fingerprint density at radius 1 is 1.46 bits per heavy atom. The molecule has 0 fully saturated rings. The van der Waals surface area contributed by atoms with Crippen LogP contribution in [0, 0.1) is 17.2 Å². The summed E-state index contributed by atoms with van der Waals surface area (Å²) in [6.07, 6.45) is 2.99. The van der Waals surface area contributed by atoms with E-state index in [1.165, 1.54) is 4.88 Å². The first-order chi connectivity index (χ1) is 12.5. The molecular weight excluding hydrogens is 366 g/mol. The third-order valence-corrected chi connectivity index (χ3v) is 5.78. The molecule has 0 saturated carbocycles. The highest BCUT2D eigenvalue weighted by Crippen LogP contribution is 2.39. The van der Waals surface area contributed by atoms with Crippen LogP contribution >= 0.6 is 23.6 Å². The van der Waals surface area contributed by atoms with Crippen LogP contribution in [-0.2, 0) is 12.8 Å². The van der Waals surface area contributed by atoms with Crippen molar-refractivity contribution in [1.29, 1.82) is 5.26 Å². The van der Waals surface area contributed by atoms with E-state index in [1.807, 2.05) is 0 Å². The second-order valence-corrected chi connectivity index (χ2v) is 7.82. The summed E-state index contributed by atoms with van der Waals surface area (Å²) < 4.78 is 5.13. The number of nitrogens with zero attached hydrogens (tertiary/aromatic N) is 1. The molecule has 0 radical (unpaired) electrons. The summed E-state index contributed by atoms with van der Waals surface area (Å²) in [5.41, 5.74) is 2.23. The Labute approximate surface area is 162 Å². The van der Waals surface area contributed by atoms with Crippen molar-refractivity contribution in [2.24, 2.45) is 5.92 Å². The van der Waals surface area contributed by atoms with Gasteiger partial charge < -0.3 is 10.1 Å². The van der Waals surface area contributed by atoms with E-state index in [-0.39, 0.29) is 11.0 Å². The third-order valence-electron chi connectivity index (χ3n) is 4.41. The van der Waals surface area contributed by atoms with Gasteiger partial charge in [0.1, 0.15) is 16.8 Å². The number of thiophene rings is 1. The summed E-state index contributed by atoms with van der Waals surface area (Å²) in [4.78, 5) is 13.6. The molecule has 2 aromatic rings. The van der Waals surface area contributed by atoms with Crippen molar-refractivity contribution in [3.05, 3.63) is 45.8 Å². The van der Waals surface area contributed by atoms with Gasteiger partial charge in [0.25, 0.3) is 5.91 Å². The summed E-state index contributed by atoms with van der Waals surface area (Å²) in [7, 11) is 1.55. The van der Waals surface area contributed by atoms with Gasteiger partial charge in [-0.25, -0.2) is 0 Å². The fourth-order valence-electron chi connectivity index (χ4n) is 3.03. The van der Waals surface area contributed by atoms with E-state index < -0.39 is 0 Å². The number of hydrogen-bond acceptors (Lipinski definition) is 5. The molecule has 1 aliphatic rings. The molecule has 1 aliphatic carbocycles. The highest BCUT2D eigenvalue weighted by molar-refractivity contribution is 7.80. The third kappa shape index (κ3) is 3.87. The van der Waals surface area contributed by atoms with Crippen molar-refractivity contribution in [3.8, 4) is 11.8 Å². The predicted octanol–water partition coefficient (Wildman–Crippen LogP) is 3.88. The minimum Gasteiger partial charge on any atom is -0.497 e. The number of methoxy groups -OCH3 is 1. The van der Waals surface area contributed by atoms with Crippen molar-refractivity contribution >= 4 is 39.6 Å². The van der Waals surface area contributed by atoms with E-state index in [0.717, 1.165) is 24.8 Å². The first-order valence-electron chi connectivity index (χ1n) is 8.32. The van der Waals surface area contributed by atoms with Crippen LogP contribution in [0.2, 0.25) is 0 Å². The van der Waals surface area contributed by atoms with Gasteiger partial charge in [0.05, 0.1) is 12.7 Å². The lowest BCUT2D eigenvalue weighted by Gasteiger charge is -2.17. The van der Waals surface area contributed by atoms with Crippen molar-refractivity contribution in [2.75, 3.05) is 12.4 Å². The van der Waals surface area contributed by atoms with E-state index in [0.29, 0.717) is 27.8 Å². The number of anilines is 1. The average Bonchev–Trinajstić information content (AvgIpc) is 2.97. The van der Waals surface area contributed by atoms with Gasteiger partial charge in [0.15, 0.2) is 5.11 Å². The lowest BCUT2D eigenvalue weighted by atomic mass is 9.89. The molecule has 1 atom stereocenters. The van der Waals surface area contributed by atoms with Crippen molar-refractivity contribution in [1.82, 2.24) is 5.32 Å². The summed E-state index contributed by atoms with van der Waals surface area (Å²) in [5.74, 6) is 0.901. The molecule has 2 N–H and O–H groups in total. The molecular formula is C19H19N3O2S2. The van der Waals surface area contributed by atoms with Crippen LogP contribution in [-0.4, -0.2) is 18.1 Å². The van der Waals surface area contributed by atoms with Crippen LogP contribution in [0.25, 0.3) is 0 Å². The Balaban J connectivity index is 1.72. The Bertz CT molecular complexity index is 899. The van der Waals surface area contributed by atoms with Crippen LogP contribution in [0.5, 0.6) is 5.75 Å². The maximum atomic E-state index is 12.3. The van der Waals surface area contributed by atoms with Gasteiger partial charge in [-0.15, -0.1) is 11.3 Å². The van der Waals surface area contributed by atoms with Crippen LogP contribution in [0.3, 0.4) is 0 Å². The lowest BCUT2D eigenvalue weighted by molar-refractivity contribution is 0.0977. The maximum Gasteiger partial charge on any atom is 0.257 e. The largest absolute Gasteiger partial charge is 0.497 e. The molecule has 0 unspecified atom stereocenters. The van der Waals surface area contributed by atoms with Crippen LogP contribution < -0.4 is 15.4 Å². The Hall–Kier alpha value is -2.43. The first-order valence-corrected chi connectivity index (χ1v) is 9.55. The SMILES string of the molecule is COc1cccc(C(=O)NC(=S)Nc2sc3c(c2C#N)CC[C@@H](C)C3)c1. The average molecular weight is 386 g/mol. The number of nitriles is 1. The Kier molecular flexibility index (Phi) is 5.55. The van der Waals surface area contributed by atoms with E-state index in [1.54, 1.807) is 42.7 Å². The molecule has 0 saturated heterocycles. The molecule has 1 heterocycles. The topological polar surface area (TPSA) is 74.2 Å². The van der Waals surface area contributed by atoms with Crippen LogP contribution in [0.4, 0.5) is 5.00 Å². The van der Waals surface area contributed by atoms with Crippen LogP contribution in [0.15, 0.2) is 24.3 Å². The number of carbonyl (C=O) groups is 1. The van der Waals surface area contributed by atoms with E-state index in [9.17, 15) is 10.1 Å². The number of ether oxygens (including phenoxy) is 1. The second kappa shape index (κ2) is 7.85. The molecule has 0 aliphatic heterocycles. The number of benzene rings is 1. The molecule has 1 aromatic heterocycles. The number of nitrogens with one attached hydrogen (secondary N) is 2. The summed E-state index contributed by atoms with van der Waals surface area (Å²) >= 11 is 6.82. The fraction of sp³-hybridized carbons (Fsp3) is 0.316. The number of hydrogen-bond donors (Lipinski definition) is 2. The van der Waals surface area contributed by atoms with Gasteiger partial charge in [0.2, 0.25) is 0 Å². The van der Waals surface area contributed by atoms with Gasteiger partial charge in [-0.2, -0.15) is 5.26 Å². The standard InChI is InChI=1S/C19H19N3O2S2/c1-11-6-7-14-15(10-20)18(26-16(14)8-11)22-19(25)21-17(23)12-4-3-5-13(9-12)24-2/h3-5,9,11H,6-8H2,1-2H3,(H2,21,22,23,25)/t11-/m1/s1. The fourth-order valence-corrected chi connectivity index (χ4v) is 4.66. The maximum absolute atomic E-state index is 12.3. The zero-order valence-corrected chi connectivity index (χ0v) is 16.2. The number of fused-ring (bicyclic) bond motifs is 1. The van der Waals surface area contributed by atoms with Crippen LogP contribution in [0.1, 0.15) is 39.7 Å². The van der Waals surface area contributed by atoms with Gasteiger partial charge in [-0.1, -0.05) is 13.0 Å². The smallest absolute Gasteiger partial charge is 0.257 e. The number of rotatable bonds is 3. The van der Waals surface area contributed by atoms with Gasteiger partial charge in [-0.05, 0) is 61.2 Å².